The molecule has 2 aromatic rings. The van der Waals surface area contributed by atoms with E-state index in [2.05, 4.69) is 40.0 Å². The van der Waals surface area contributed by atoms with Crippen LogP contribution >= 0.6 is 24.0 Å². The summed E-state index contributed by atoms with van der Waals surface area (Å²) in [5.41, 5.74) is 1.92. The Labute approximate surface area is 177 Å². The lowest BCUT2D eigenvalue weighted by Crippen LogP contribution is -2.40. The van der Waals surface area contributed by atoms with Gasteiger partial charge in [0.1, 0.15) is 12.4 Å². The third-order valence-corrected chi connectivity index (χ3v) is 3.69. The van der Waals surface area contributed by atoms with Crippen molar-refractivity contribution in [1.29, 1.82) is 0 Å². The van der Waals surface area contributed by atoms with Crippen molar-refractivity contribution < 1.29 is 9.53 Å². The predicted octanol–water partition coefficient (Wildman–Crippen LogP) is 3.57. The molecule has 0 bridgehead atoms. The van der Waals surface area contributed by atoms with Gasteiger partial charge in [-0.15, -0.1) is 24.0 Å². The fourth-order valence-corrected chi connectivity index (χ4v) is 2.43. The first-order chi connectivity index (χ1) is 12.6. The van der Waals surface area contributed by atoms with Gasteiger partial charge in [-0.2, -0.15) is 0 Å². The molecule has 6 nitrogen and oxygen atoms in total. The van der Waals surface area contributed by atoms with E-state index in [0.717, 1.165) is 11.6 Å². The summed E-state index contributed by atoms with van der Waals surface area (Å²) >= 11 is 0. The van der Waals surface area contributed by atoms with E-state index in [1.165, 1.54) is 12.5 Å². The molecule has 1 atom stereocenters. The van der Waals surface area contributed by atoms with E-state index in [1.54, 1.807) is 13.1 Å². The van der Waals surface area contributed by atoms with Crippen molar-refractivity contribution in [2.75, 3.05) is 25.5 Å². The number of benzene rings is 2. The van der Waals surface area contributed by atoms with E-state index < -0.39 is 0 Å². The van der Waals surface area contributed by atoms with Gasteiger partial charge in [0.15, 0.2) is 5.96 Å². The van der Waals surface area contributed by atoms with Gasteiger partial charge in [-0.3, -0.25) is 9.79 Å². The van der Waals surface area contributed by atoms with Gasteiger partial charge in [-0.1, -0.05) is 36.4 Å². The van der Waals surface area contributed by atoms with Crippen molar-refractivity contribution in [2.45, 2.75) is 19.9 Å². The number of nitrogens with zero attached hydrogens (tertiary/aromatic N) is 1. The van der Waals surface area contributed by atoms with Gasteiger partial charge in [-0.25, -0.2) is 0 Å². The summed E-state index contributed by atoms with van der Waals surface area (Å²) in [5, 5.41) is 9.32. The highest BCUT2D eigenvalue weighted by Gasteiger charge is 2.07. The van der Waals surface area contributed by atoms with Crippen LogP contribution < -0.4 is 20.7 Å². The molecule has 0 spiro atoms. The minimum atomic E-state index is -0.105. The van der Waals surface area contributed by atoms with E-state index in [9.17, 15) is 4.79 Å². The van der Waals surface area contributed by atoms with Gasteiger partial charge >= 0.3 is 0 Å². The van der Waals surface area contributed by atoms with Gasteiger partial charge in [0.2, 0.25) is 5.91 Å². The largest absolute Gasteiger partial charge is 0.492 e. The van der Waals surface area contributed by atoms with Crippen LogP contribution in [0.25, 0.3) is 0 Å². The SMILES string of the molecule is CN=C(NCCOc1cccc(NC(C)=O)c1)NC(C)c1ccccc1.I. The summed E-state index contributed by atoms with van der Waals surface area (Å²) in [4.78, 5) is 15.3. The highest BCUT2D eigenvalue weighted by Crippen LogP contribution is 2.17. The van der Waals surface area contributed by atoms with E-state index >= 15 is 0 Å². The van der Waals surface area contributed by atoms with E-state index in [-0.39, 0.29) is 35.9 Å². The summed E-state index contributed by atoms with van der Waals surface area (Å²) in [6.45, 7) is 4.65. The molecule has 2 aromatic carbocycles. The Morgan fingerprint density at radius 2 is 1.89 bits per heavy atom. The lowest BCUT2D eigenvalue weighted by atomic mass is 10.1. The minimum absolute atomic E-state index is 0. The molecule has 0 heterocycles. The van der Waals surface area contributed by atoms with Gasteiger partial charge < -0.3 is 20.7 Å². The van der Waals surface area contributed by atoms with Gasteiger partial charge in [0.05, 0.1) is 12.6 Å². The molecule has 0 radical (unpaired) electrons. The number of amides is 1. The smallest absolute Gasteiger partial charge is 0.221 e. The van der Waals surface area contributed by atoms with Crippen LogP contribution in [-0.2, 0) is 4.79 Å². The Balaban J connectivity index is 0.00000364. The Kier molecular flexibility index (Phi) is 10.2. The third-order valence-electron chi connectivity index (χ3n) is 3.69. The molecule has 1 amide bonds. The molecule has 146 valence electrons. The average Bonchev–Trinajstić information content (AvgIpc) is 2.64. The Bertz CT molecular complexity index is 738. The molecular weight excluding hydrogens is 455 g/mol. The summed E-state index contributed by atoms with van der Waals surface area (Å²) in [6.07, 6.45) is 0. The second-order valence-electron chi connectivity index (χ2n) is 5.83. The molecule has 1 unspecified atom stereocenters. The number of carbonyl (C=O) groups excluding carboxylic acids is 1. The first-order valence-electron chi connectivity index (χ1n) is 8.61. The zero-order valence-corrected chi connectivity index (χ0v) is 18.2. The van der Waals surface area contributed by atoms with E-state index in [1.807, 2.05) is 36.4 Å². The van der Waals surface area contributed by atoms with Crippen molar-refractivity contribution in [3.63, 3.8) is 0 Å². The standard InChI is InChI=1S/C20H26N4O2.HI/c1-15(17-8-5-4-6-9-17)23-20(21-3)22-12-13-26-19-11-7-10-18(14-19)24-16(2)25;/h4-11,14-15H,12-13H2,1-3H3,(H,24,25)(H2,21,22,23);1H. The molecule has 7 heteroatoms. The Hall–Kier alpha value is -2.29. The molecule has 0 saturated carbocycles. The maximum absolute atomic E-state index is 11.1. The highest BCUT2D eigenvalue weighted by molar-refractivity contribution is 14.0. The van der Waals surface area contributed by atoms with E-state index in [0.29, 0.717) is 18.9 Å². The number of hydrogen-bond donors (Lipinski definition) is 3. The summed E-state index contributed by atoms with van der Waals surface area (Å²) in [6, 6.07) is 17.7. The van der Waals surface area contributed by atoms with Gasteiger partial charge in [0, 0.05) is 25.7 Å². The van der Waals surface area contributed by atoms with Crippen LogP contribution in [0.2, 0.25) is 0 Å². The van der Waals surface area contributed by atoms with E-state index in [4.69, 9.17) is 4.74 Å². The maximum atomic E-state index is 11.1. The molecule has 0 aliphatic rings. The molecule has 0 saturated heterocycles. The van der Waals surface area contributed by atoms with Crippen LogP contribution in [0.5, 0.6) is 5.75 Å². The van der Waals surface area contributed by atoms with Crippen LogP contribution in [0.3, 0.4) is 0 Å². The number of nitrogens with one attached hydrogen (secondary N) is 3. The predicted molar refractivity (Wildman–Crippen MR) is 121 cm³/mol. The third kappa shape index (κ3) is 8.29. The first-order valence-corrected chi connectivity index (χ1v) is 8.61. The van der Waals surface area contributed by atoms with Crippen molar-refractivity contribution in [3.8, 4) is 5.75 Å². The van der Waals surface area contributed by atoms with Crippen LogP contribution in [-0.4, -0.2) is 32.1 Å². The molecule has 2 rings (SSSR count). The average molecular weight is 482 g/mol. The zero-order chi connectivity index (χ0) is 18.8. The molecular formula is C20H27IN4O2. The van der Waals surface area contributed by atoms with Crippen LogP contribution in [0.4, 0.5) is 5.69 Å². The fraction of sp³-hybridized carbons (Fsp3) is 0.300. The van der Waals surface area contributed by atoms with Crippen LogP contribution in [0.1, 0.15) is 25.5 Å². The lowest BCUT2D eigenvalue weighted by Gasteiger charge is -2.18. The molecule has 0 fully saturated rings. The summed E-state index contributed by atoms with van der Waals surface area (Å²) in [7, 11) is 1.74. The zero-order valence-electron chi connectivity index (χ0n) is 15.9. The quantitative estimate of drug-likeness (QED) is 0.244. The number of halogens is 1. The number of guanidine groups is 1. The Morgan fingerprint density at radius 1 is 1.15 bits per heavy atom. The van der Waals surface area contributed by atoms with Gasteiger partial charge in [0.25, 0.3) is 0 Å². The molecule has 0 aliphatic carbocycles. The van der Waals surface area contributed by atoms with Gasteiger partial charge in [-0.05, 0) is 24.6 Å². The van der Waals surface area contributed by atoms with Crippen molar-refractivity contribution in [3.05, 3.63) is 60.2 Å². The number of hydrogen-bond acceptors (Lipinski definition) is 3. The van der Waals surface area contributed by atoms with Crippen molar-refractivity contribution in [2.24, 2.45) is 4.99 Å². The van der Waals surface area contributed by atoms with Crippen molar-refractivity contribution in [1.82, 2.24) is 10.6 Å². The monoisotopic (exact) mass is 482 g/mol. The summed E-state index contributed by atoms with van der Waals surface area (Å²) in [5.74, 6) is 1.32. The number of ether oxygens (including phenoxy) is 1. The number of carbonyl (C=O) groups is 1. The van der Waals surface area contributed by atoms with Crippen LogP contribution in [0, 0.1) is 0 Å². The lowest BCUT2D eigenvalue weighted by molar-refractivity contribution is -0.114. The normalized spacial score (nSPS) is 11.7. The molecule has 3 N–H and O–H groups in total. The molecule has 27 heavy (non-hydrogen) atoms. The first kappa shape index (κ1) is 22.8. The Morgan fingerprint density at radius 3 is 2.56 bits per heavy atom. The molecule has 0 aliphatic heterocycles. The number of aliphatic imine (C=N–C) groups is 1. The fourth-order valence-electron chi connectivity index (χ4n) is 2.43. The van der Waals surface area contributed by atoms with Crippen molar-refractivity contribution >= 4 is 41.5 Å². The number of rotatable bonds is 7. The second-order valence-corrected chi connectivity index (χ2v) is 5.83. The second kappa shape index (κ2) is 12.2. The minimum Gasteiger partial charge on any atom is -0.492 e. The number of anilines is 1. The topological polar surface area (TPSA) is 74.8 Å². The van der Waals surface area contributed by atoms with Crippen LogP contribution in [0.15, 0.2) is 59.6 Å². The highest BCUT2D eigenvalue weighted by atomic mass is 127. The maximum Gasteiger partial charge on any atom is 0.221 e. The summed E-state index contributed by atoms with van der Waals surface area (Å²) < 4.78 is 5.72. The molecule has 0 aromatic heterocycles.